The monoisotopic (exact) mass is 555 g/mol. The number of allylic oxidation sites excluding steroid dienone is 1. The topological polar surface area (TPSA) is 191 Å². The van der Waals surface area contributed by atoms with Crippen molar-refractivity contribution in [2.75, 3.05) is 18.0 Å². The SMILES string of the molecule is Nc1nc(/C(=N/O)C(=O)N[C@@H]2C(=O)N3C(C(=O)O)=C(C=C4CCN(Cc5ccncc5)C4=O)CS[C@H]23)cs1. The molecule has 5 rings (SSSR count). The number of likely N-dealkylation sites (tertiary alicyclic amines) is 1. The van der Waals surface area contributed by atoms with Gasteiger partial charge in [0.05, 0.1) is 0 Å². The number of anilines is 1. The number of carboxylic acids is 1. The molecule has 0 unspecified atom stereocenters. The van der Waals surface area contributed by atoms with Gasteiger partial charge in [0, 0.05) is 42.2 Å². The maximum atomic E-state index is 13.0. The van der Waals surface area contributed by atoms with Crippen molar-refractivity contribution in [3.8, 4) is 0 Å². The highest BCUT2D eigenvalue weighted by Gasteiger charge is 2.54. The van der Waals surface area contributed by atoms with Crippen molar-refractivity contribution in [1.29, 1.82) is 0 Å². The van der Waals surface area contributed by atoms with E-state index in [1.54, 1.807) is 23.4 Å². The lowest BCUT2D eigenvalue weighted by molar-refractivity contribution is -0.150. The summed E-state index contributed by atoms with van der Waals surface area (Å²) >= 11 is 2.31. The van der Waals surface area contributed by atoms with Crippen molar-refractivity contribution in [2.45, 2.75) is 24.4 Å². The molecular weight excluding hydrogens is 534 g/mol. The van der Waals surface area contributed by atoms with Gasteiger partial charge in [0.1, 0.15) is 22.8 Å². The van der Waals surface area contributed by atoms with Crippen LogP contribution in [0.1, 0.15) is 17.7 Å². The van der Waals surface area contributed by atoms with Crippen molar-refractivity contribution in [2.24, 2.45) is 5.16 Å². The predicted octanol–water partition coefficient (Wildman–Crippen LogP) is 0.396. The number of carbonyl (C=O) groups is 4. The first-order valence-corrected chi connectivity index (χ1v) is 13.3. The van der Waals surface area contributed by atoms with Gasteiger partial charge in [-0.3, -0.25) is 24.3 Å². The molecule has 5 N–H and O–H groups in total. The molecule has 3 aliphatic rings. The van der Waals surface area contributed by atoms with Crippen LogP contribution in [0.2, 0.25) is 0 Å². The zero-order chi connectivity index (χ0) is 27.0. The van der Waals surface area contributed by atoms with Crippen LogP contribution in [0.15, 0.2) is 58.0 Å². The van der Waals surface area contributed by atoms with Crippen LogP contribution in [0.25, 0.3) is 0 Å². The summed E-state index contributed by atoms with van der Waals surface area (Å²) in [7, 11) is 0. The quantitative estimate of drug-likeness (QED) is 0.122. The Morgan fingerprint density at radius 3 is 2.71 bits per heavy atom. The summed E-state index contributed by atoms with van der Waals surface area (Å²) in [5.41, 5.74) is 6.73. The van der Waals surface area contributed by atoms with Gasteiger partial charge in [0.25, 0.3) is 11.8 Å². The molecule has 5 heterocycles. The molecule has 2 atom stereocenters. The van der Waals surface area contributed by atoms with Gasteiger partial charge in [-0.05, 0) is 35.8 Å². The normalized spacial score (nSPS) is 22.5. The third-order valence-corrected chi connectivity index (χ3v) is 8.23. The number of hydrogen-bond acceptors (Lipinski definition) is 11. The van der Waals surface area contributed by atoms with Crippen molar-refractivity contribution >= 4 is 57.6 Å². The fourth-order valence-corrected chi connectivity index (χ4v) is 6.30. The molecular formula is C23H21N7O6S2. The number of thioether (sulfide) groups is 1. The Balaban J connectivity index is 1.32. The average Bonchev–Trinajstić information content (AvgIpc) is 3.48. The Hall–Kier alpha value is -4.24. The minimum Gasteiger partial charge on any atom is -0.477 e. The van der Waals surface area contributed by atoms with E-state index in [1.807, 2.05) is 12.1 Å². The molecule has 13 nitrogen and oxygen atoms in total. The number of nitrogens with one attached hydrogen (secondary N) is 1. The first-order valence-electron chi connectivity index (χ1n) is 11.3. The summed E-state index contributed by atoms with van der Waals surface area (Å²) < 4.78 is 0. The van der Waals surface area contributed by atoms with E-state index in [0.717, 1.165) is 21.8 Å². The fraction of sp³-hybridized carbons (Fsp3) is 0.261. The largest absolute Gasteiger partial charge is 0.477 e. The number of thiazole rings is 1. The highest BCUT2D eigenvalue weighted by molar-refractivity contribution is 8.00. The van der Waals surface area contributed by atoms with E-state index >= 15 is 0 Å². The second-order valence-corrected chi connectivity index (χ2v) is 10.6. The molecule has 2 aromatic heterocycles. The van der Waals surface area contributed by atoms with E-state index in [-0.39, 0.29) is 28.2 Å². The standard InChI is InChI=1S/C23H21N7O6S2/c24-23-26-14(10-38-23)15(28-36)18(31)27-16-20(33)30-17(22(34)35)13(9-37-21(16)30)7-12-3-6-29(19(12)32)8-11-1-4-25-5-2-11/h1-2,4-5,7,10,16,21,36H,3,6,8-9H2,(H2,24,26)(H,27,31)(H,34,35)/b12-7?,28-15-/t16-,21-/m1/s1. The molecule has 0 saturated carbocycles. The number of rotatable bonds is 7. The van der Waals surface area contributed by atoms with Gasteiger partial charge >= 0.3 is 5.97 Å². The van der Waals surface area contributed by atoms with E-state index in [0.29, 0.717) is 30.7 Å². The molecule has 0 spiro atoms. The summed E-state index contributed by atoms with van der Waals surface area (Å²) in [5.74, 6) is -2.76. The number of nitrogens with two attached hydrogens (primary N) is 1. The fourth-order valence-electron chi connectivity index (χ4n) is 4.44. The summed E-state index contributed by atoms with van der Waals surface area (Å²) in [6.07, 6.45) is 5.31. The molecule has 3 aliphatic heterocycles. The van der Waals surface area contributed by atoms with Crippen molar-refractivity contribution < 1.29 is 29.5 Å². The van der Waals surface area contributed by atoms with Crippen molar-refractivity contribution in [3.05, 3.63) is 64.1 Å². The molecule has 2 aromatic rings. The lowest BCUT2D eigenvalue weighted by Gasteiger charge is -2.49. The van der Waals surface area contributed by atoms with Gasteiger partial charge in [0.15, 0.2) is 10.8 Å². The third kappa shape index (κ3) is 4.61. The van der Waals surface area contributed by atoms with E-state index in [1.165, 1.54) is 17.1 Å². The first kappa shape index (κ1) is 25.4. The van der Waals surface area contributed by atoms with E-state index < -0.39 is 34.9 Å². The number of oxime groups is 1. The average molecular weight is 556 g/mol. The van der Waals surface area contributed by atoms with Crippen LogP contribution in [0, 0.1) is 0 Å². The number of aromatic nitrogens is 2. The van der Waals surface area contributed by atoms with E-state index in [2.05, 4.69) is 20.4 Å². The van der Waals surface area contributed by atoms with Crippen LogP contribution in [-0.2, 0) is 25.7 Å². The van der Waals surface area contributed by atoms with Crippen LogP contribution >= 0.6 is 23.1 Å². The highest BCUT2D eigenvalue weighted by atomic mass is 32.2. The molecule has 0 aromatic carbocycles. The van der Waals surface area contributed by atoms with Gasteiger partial charge in [-0.2, -0.15) is 0 Å². The van der Waals surface area contributed by atoms with Gasteiger partial charge in [0.2, 0.25) is 5.91 Å². The summed E-state index contributed by atoms with van der Waals surface area (Å²) in [5, 5.41) is 25.6. The molecule has 0 radical (unpaired) electrons. The summed E-state index contributed by atoms with van der Waals surface area (Å²) in [4.78, 5) is 61.4. The van der Waals surface area contributed by atoms with Crippen molar-refractivity contribution in [3.63, 3.8) is 0 Å². The molecule has 15 heteroatoms. The lowest BCUT2D eigenvalue weighted by atomic mass is 10.0. The second-order valence-electron chi connectivity index (χ2n) is 8.56. The molecule has 0 aliphatic carbocycles. The van der Waals surface area contributed by atoms with Crippen LogP contribution in [-0.4, -0.2) is 83.2 Å². The molecule has 2 fully saturated rings. The Kier molecular flexibility index (Phi) is 6.86. The Bertz CT molecular complexity index is 1420. The van der Waals surface area contributed by atoms with Gasteiger partial charge in [-0.1, -0.05) is 5.16 Å². The third-order valence-electron chi connectivity index (χ3n) is 6.25. The zero-order valence-corrected chi connectivity index (χ0v) is 21.2. The van der Waals surface area contributed by atoms with Gasteiger partial charge in [-0.15, -0.1) is 23.1 Å². The number of amides is 3. The number of nitrogens with zero attached hydrogens (tertiary/aromatic N) is 5. The minimum atomic E-state index is -1.31. The molecule has 0 bridgehead atoms. The number of carboxylic acid groups (broad SMARTS) is 1. The van der Waals surface area contributed by atoms with Crippen LogP contribution in [0.4, 0.5) is 5.13 Å². The Labute approximate surface area is 223 Å². The Morgan fingerprint density at radius 2 is 2.05 bits per heavy atom. The summed E-state index contributed by atoms with van der Waals surface area (Å²) in [6, 6.07) is 2.61. The number of β-lactam (4-membered cyclic amide) rings is 1. The maximum absolute atomic E-state index is 13.0. The minimum absolute atomic E-state index is 0.0478. The predicted molar refractivity (Wildman–Crippen MR) is 137 cm³/mol. The van der Waals surface area contributed by atoms with E-state index in [9.17, 15) is 29.5 Å². The molecule has 38 heavy (non-hydrogen) atoms. The smallest absolute Gasteiger partial charge is 0.352 e. The number of nitrogen functional groups attached to an aromatic ring is 1. The van der Waals surface area contributed by atoms with Crippen LogP contribution < -0.4 is 11.1 Å². The number of pyridine rings is 1. The lowest BCUT2D eigenvalue weighted by Crippen LogP contribution is -2.71. The number of carbonyl (C=O) groups excluding carboxylic acids is 3. The second kappa shape index (κ2) is 10.3. The summed E-state index contributed by atoms with van der Waals surface area (Å²) in [6.45, 7) is 0.910. The molecule has 3 amide bonds. The highest BCUT2D eigenvalue weighted by Crippen LogP contribution is 2.41. The molecule has 196 valence electrons. The maximum Gasteiger partial charge on any atom is 0.352 e. The zero-order valence-electron chi connectivity index (χ0n) is 19.6. The first-order chi connectivity index (χ1) is 18.3. The van der Waals surface area contributed by atoms with Gasteiger partial charge < -0.3 is 26.3 Å². The molecule has 2 saturated heterocycles. The van der Waals surface area contributed by atoms with Gasteiger partial charge in [-0.25, -0.2) is 9.78 Å². The van der Waals surface area contributed by atoms with E-state index in [4.69, 9.17) is 5.73 Å². The van der Waals surface area contributed by atoms with Crippen LogP contribution in [0.5, 0.6) is 0 Å². The number of aliphatic carboxylic acids is 1. The number of fused-ring (bicyclic) bond motifs is 1. The van der Waals surface area contributed by atoms with Crippen LogP contribution in [0.3, 0.4) is 0 Å². The Morgan fingerprint density at radius 1 is 1.29 bits per heavy atom. The van der Waals surface area contributed by atoms with Crippen molar-refractivity contribution in [1.82, 2.24) is 25.1 Å². The number of hydrogen-bond donors (Lipinski definition) is 4.